The van der Waals surface area contributed by atoms with Gasteiger partial charge in [0.05, 0.1) is 5.69 Å². The fraction of sp³-hybridized carbons (Fsp3) is 0.125. The average Bonchev–Trinajstić information content (AvgIpc) is 2.75. The molecule has 0 bridgehead atoms. The summed E-state index contributed by atoms with van der Waals surface area (Å²) in [5.74, 6) is -0.381. The van der Waals surface area contributed by atoms with Gasteiger partial charge in [-0.05, 0) is 24.6 Å². The summed E-state index contributed by atoms with van der Waals surface area (Å²) in [5, 5.41) is 9.30. The number of imidazole rings is 1. The van der Waals surface area contributed by atoms with Gasteiger partial charge in [-0.15, -0.1) is 0 Å². The Morgan fingerprint density at radius 1 is 1.30 bits per heavy atom. The van der Waals surface area contributed by atoms with Gasteiger partial charge in [-0.3, -0.25) is 4.40 Å². The number of hydrogen-bond donors (Lipinski definition) is 0. The minimum atomic E-state index is -0.381. The first-order chi connectivity index (χ1) is 9.67. The third-order valence-corrected chi connectivity index (χ3v) is 3.21. The van der Waals surface area contributed by atoms with E-state index in [0.29, 0.717) is 23.5 Å². The van der Waals surface area contributed by atoms with Gasteiger partial charge in [-0.2, -0.15) is 5.26 Å². The van der Waals surface area contributed by atoms with E-state index in [9.17, 15) is 9.65 Å². The molecule has 0 aliphatic rings. The molecule has 0 radical (unpaired) electrons. The van der Waals surface area contributed by atoms with Crippen LogP contribution < -0.4 is 0 Å². The maximum Gasteiger partial charge on any atom is 0.148 e. The lowest BCUT2D eigenvalue weighted by atomic mass is 10.1. The fourth-order valence-electron chi connectivity index (χ4n) is 2.32. The number of aryl methyl sites for hydroxylation is 1. The van der Waals surface area contributed by atoms with Crippen LogP contribution in [0.25, 0.3) is 5.65 Å². The molecule has 2 aromatic heterocycles. The van der Waals surface area contributed by atoms with Crippen molar-refractivity contribution in [2.45, 2.75) is 13.3 Å². The van der Waals surface area contributed by atoms with Crippen LogP contribution in [0.1, 0.15) is 22.5 Å². The van der Waals surface area contributed by atoms with E-state index in [0.717, 1.165) is 11.1 Å². The molecule has 20 heavy (non-hydrogen) atoms. The lowest BCUT2D eigenvalue weighted by Gasteiger charge is -2.00. The Labute approximate surface area is 115 Å². The van der Waals surface area contributed by atoms with E-state index in [1.807, 2.05) is 25.1 Å². The van der Waals surface area contributed by atoms with Gasteiger partial charge in [0, 0.05) is 12.6 Å². The van der Waals surface area contributed by atoms with Crippen LogP contribution >= 0.6 is 0 Å². The number of aromatic nitrogens is 2. The largest absolute Gasteiger partial charge is 0.288 e. The van der Waals surface area contributed by atoms with Crippen molar-refractivity contribution in [3.8, 4) is 6.07 Å². The standard InChI is InChI=1S/C16H12FN3/c1-11-3-2-4-12(7-11)8-14-15(9-18)20-10-13(17)5-6-16(20)19-14/h2-7,10H,8H2,1H3. The highest BCUT2D eigenvalue weighted by Crippen LogP contribution is 2.17. The molecule has 3 aromatic rings. The van der Waals surface area contributed by atoms with Crippen LogP contribution in [0.4, 0.5) is 4.39 Å². The Morgan fingerprint density at radius 3 is 2.90 bits per heavy atom. The first-order valence-corrected chi connectivity index (χ1v) is 6.29. The summed E-state index contributed by atoms with van der Waals surface area (Å²) in [6.07, 6.45) is 1.86. The van der Waals surface area contributed by atoms with Gasteiger partial charge < -0.3 is 0 Å². The van der Waals surface area contributed by atoms with E-state index in [4.69, 9.17) is 0 Å². The molecule has 4 heteroatoms. The highest BCUT2D eigenvalue weighted by molar-refractivity contribution is 5.48. The van der Waals surface area contributed by atoms with Crippen LogP contribution in [0.5, 0.6) is 0 Å². The van der Waals surface area contributed by atoms with E-state index < -0.39 is 0 Å². The molecule has 0 saturated carbocycles. The molecule has 0 aliphatic carbocycles. The Bertz CT molecular complexity index is 827. The zero-order valence-corrected chi connectivity index (χ0v) is 11.0. The Balaban J connectivity index is 2.10. The zero-order valence-electron chi connectivity index (χ0n) is 11.0. The summed E-state index contributed by atoms with van der Waals surface area (Å²) in [5.41, 5.74) is 3.90. The van der Waals surface area contributed by atoms with Gasteiger partial charge in [-0.25, -0.2) is 9.37 Å². The molecule has 1 aromatic carbocycles. The molecule has 0 N–H and O–H groups in total. The monoisotopic (exact) mass is 265 g/mol. The van der Waals surface area contributed by atoms with E-state index in [1.165, 1.54) is 16.7 Å². The van der Waals surface area contributed by atoms with Crippen LogP contribution in [-0.4, -0.2) is 9.38 Å². The fourth-order valence-corrected chi connectivity index (χ4v) is 2.32. The Morgan fingerprint density at radius 2 is 2.15 bits per heavy atom. The summed E-state index contributed by atoms with van der Waals surface area (Å²) in [6, 6.07) is 13.1. The number of nitrogens with zero attached hydrogens (tertiary/aromatic N) is 3. The maximum atomic E-state index is 13.3. The molecule has 0 fully saturated rings. The second kappa shape index (κ2) is 4.78. The highest BCUT2D eigenvalue weighted by atomic mass is 19.1. The summed E-state index contributed by atoms with van der Waals surface area (Å²) < 4.78 is 14.8. The summed E-state index contributed by atoms with van der Waals surface area (Å²) >= 11 is 0. The van der Waals surface area contributed by atoms with Crippen LogP contribution in [0, 0.1) is 24.1 Å². The molecule has 0 unspecified atom stereocenters. The molecule has 3 nitrogen and oxygen atoms in total. The number of fused-ring (bicyclic) bond motifs is 1. The first-order valence-electron chi connectivity index (χ1n) is 6.29. The van der Waals surface area contributed by atoms with Crippen molar-refractivity contribution in [3.63, 3.8) is 0 Å². The normalized spacial score (nSPS) is 10.7. The Hall–Kier alpha value is -2.67. The molecule has 0 saturated heterocycles. The van der Waals surface area contributed by atoms with Crippen LogP contribution in [0.2, 0.25) is 0 Å². The zero-order chi connectivity index (χ0) is 14.1. The minimum absolute atomic E-state index is 0.381. The van der Waals surface area contributed by atoms with Gasteiger partial charge in [0.1, 0.15) is 23.2 Å². The molecular weight excluding hydrogens is 253 g/mol. The molecule has 2 heterocycles. The van der Waals surface area contributed by atoms with E-state index in [1.54, 1.807) is 6.07 Å². The van der Waals surface area contributed by atoms with Crippen LogP contribution in [0.3, 0.4) is 0 Å². The van der Waals surface area contributed by atoms with Gasteiger partial charge in [-0.1, -0.05) is 29.8 Å². The third-order valence-electron chi connectivity index (χ3n) is 3.21. The molecule has 0 amide bonds. The number of rotatable bonds is 2. The topological polar surface area (TPSA) is 41.1 Å². The lowest BCUT2D eigenvalue weighted by molar-refractivity contribution is 0.619. The summed E-state index contributed by atoms with van der Waals surface area (Å²) in [6.45, 7) is 2.02. The molecule has 0 atom stereocenters. The van der Waals surface area contributed by atoms with E-state index in [2.05, 4.69) is 17.1 Å². The number of hydrogen-bond acceptors (Lipinski definition) is 2. The quantitative estimate of drug-likeness (QED) is 0.713. The predicted molar refractivity (Wildman–Crippen MR) is 73.9 cm³/mol. The highest BCUT2D eigenvalue weighted by Gasteiger charge is 2.12. The van der Waals surface area contributed by atoms with Gasteiger partial charge >= 0.3 is 0 Å². The molecule has 3 rings (SSSR count). The van der Waals surface area contributed by atoms with Crippen molar-refractivity contribution in [2.24, 2.45) is 0 Å². The number of halogens is 1. The second-order valence-electron chi connectivity index (χ2n) is 4.76. The SMILES string of the molecule is Cc1cccc(Cc2nc3ccc(F)cn3c2C#N)c1. The van der Waals surface area contributed by atoms with Gasteiger partial charge in [0.2, 0.25) is 0 Å². The third kappa shape index (κ3) is 2.14. The summed E-state index contributed by atoms with van der Waals surface area (Å²) in [7, 11) is 0. The number of benzene rings is 1. The maximum absolute atomic E-state index is 13.3. The van der Waals surface area contributed by atoms with Crippen LogP contribution in [-0.2, 0) is 6.42 Å². The van der Waals surface area contributed by atoms with Crippen LogP contribution in [0.15, 0.2) is 42.6 Å². The predicted octanol–water partition coefficient (Wildman–Crippen LogP) is 3.24. The minimum Gasteiger partial charge on any atom is -0.288 e. The van der Waals surface area contributed by atoms with Crippen molar-refractivity contribution in [3.05, 3.63) is 70.9 Å². The van der Waals surface area contributed by atoms with Gasteiger partial charge in [0.15, 0.2) is 0 Å². The van der Waals surface area contributed by atoms with Gasteiger partial charge in [0.25, 0.3) is 0 Å². The molecule has 98 valence electrons. The average molecular weight is 265 g/mol. The van der Waals surface area contributed by atoms with E-state index in [-0.39, 0.29) is 5.82 Å². The second-order valence-corrected chi connectivity index (χ2v) is 4.76. The number of pyridine rings is 1. The number of nitriles is 1. The van der Waals surface area contributed by atoms with Crippen molar-refractivity contribution in [1.29, 1.82) is 5.26 Å². The van der Waals surface area contributed by atoms with Crippen molar-refractivity contribution >= 4 is 5.65 Å². The first kappa shape index (κ1) is 12.4. The molecule has 0 spiro atoms. The van der Waals surface area contributed by atoms with Crippen molar-refractivity contribution in [1.82, 2.24) is 9.38 Å². The summed E-state index contributed by atoms with van der Waals surface area (Å²) in [4.78, 5) is 4.42. The van der Waals surface area contributed by atoms with E-state index >= 15 is 0 Å². The smallest absolute Gasteiger partial charge is 0.148 e. The Kier molecular flexibility index (Phi) is 2.96. The lowest BCUT2D eigenvalue weighted by Crippen LogP contribution is -1.94. The molecular formula is C16H12FN3. The van der Waals surface area contributed by atoms with Crippen molar-refractivity contribution < 1.29 is 4.39 Å². The van der Waals surface area contributed by atoms with Crippen molar-refractivity contribution in [2.75, 3.05) is 0 Å². The molecule has 0 aliphatic heterocycles.